The maximum Gasteiger partial charge on any atom is 0.410 e. The highest BCUT2D eigenvalue weighted by Crippen LogP contribution is 2.16. The number of anilines is 1. The first-order valence-electron chi connectivity index (χ1n) is 6.43. The van der Waals surface area contributed by atoms with Crippen molar-refractivity contribution in [3.63, 3.8) is 0 Å². The van der Waals surface area contributed by atoms with E-state index in [-0.39, 0.29) is 6.09 Å². The lowest BCUT2D eigenvalue weighted by Gasteiger charge is -2.24. The fraction of sp³-hybridized carbons (Fsp3) is 0.429. The summed E-state index contributed by atoms with van der Waals surface area (Å²) in [6.45, 7) is 5.86. The molecule has 1 heterocycles. The molecule has 1 amide bonds. The van der Waals surface area contributed by atoms with E-state index in [1.807, 2.05) is 32.9 Å². The number of nitrogens with zero attached hydrogens (tertiary/aromatic N) is 2. The van der Waals surface area contributed by atoms with Crippen molar-refractivity contribution in [2.24, 2.45) is 0 Å². The molecule has 6 heteroatoms. The van der Waals surface area contributed by atoms with Crippen LogP contribution in [0.4, 0.5) is 10.5 Å². The van der Waals surface area contributed by atoms with Gasteiger partial charge in [-0.25, -0.2) is 9.78 Å². The summed E-state index contributed by atoms with van der Waals surface area (Å²) in [6, 6.07) is 5.46. The van der Waals surface area contributed by atoms with E-state index in [9.17, 15) is 4.79 Å². The molecular formula is C14H20N4O2. The molecule has 0 aliphatic heterocycles. The van der Waals surface area contributed by atoms with Crippen molar-refractivity contribution in [3.05, 3.63) is 24.0 Å². The van der Waals surface area contributed by atoms with Gasteiger partial charge in [0.2, 0.25) is 0 Å². The summed E-state index contributed by atoms with van der Waals surface area (Å²) in [7, 11) is 1.68. The van der Waals surface area contributed by atoms with Crippen LogP contribution in [0.1, 0.15) is 26.6 Å². The van der Waals surface area contributed by atoms with E-state index in [4.69, 9.17) is 10.5 Å². The Kier molecular flexibility index (Phi) is 3.57. The van der Waals surface area contributed by atoms with Crippen LogP contribution >= 0.6 is 0 Å². The van der Waals surface area contributed by atoms with Gasteiger partial charge in [-0.05, 0) is 39.0 Å². The minimum atomic E-state index is -0.506. The molecule has 2 aromatic rings. The molecule has 108 valence electrons. The normalized spacial score (nSPS) is 11.6. The Bertz CT molecular complexity index is 628. The molecule has 0 saturated carbocycles. The molecule has 0 radical (unpaired) electrons. The standard InChI is InChI=1S/C14H20N4O2/c1-14(2,3)20-13(19)18(4)8-12-16-10-6-5-9(15)7-11(10)17-12/h5-7H,8,15H2,1-4H3,(H,16,17). The van der Waals surface area contributed by atoms with E-state index in [0.717, 1.165) is 11.0 Å². The summed E-state index contributed by atoms with van der Waals surface area (Å²) in [5, 5.41) is 0. The van der Waals surface area contributed by atoms with Gasteiger partial charge >= 0.3 is 6.09 Å². The number of carbonyl (C=O) groups is 1. The Labute approximate surface area is 117 Å². The van der Waals surface area contributed by atoms with Crippen molar-refractivity contribution in [1.29, 1.82) is 0 Å². The zero-order valence-corrected chi connectivity index (χ0v) is 12.2. The molecule has 3 N–H and O–H groups in total. The molecule has 20 heavy (non-hydrogen) atoms. The lowest BCUT2D eigenvalue weighted by molar-refractivity contribution is 0.0281. The predicted octanol–water partition coefficient (Wildman–Crippen LogP) is 2.51. The second-order valence-electron chi connectivity index (χ2n) is 5.80. The Morgan fingerprint density at radius 3 is 2.80 bits per heavy atom. The van der Waals surface area contributed by atoms with E-state index >= 15 is 0 Å². The van der Waals surface area contributed by atoms with Gasteiger partial charge in [-0.1, -0.05) is 0 Å². The molecule has 0 aliphatic carbocycles. The van der Waals surface area contributed by atoms with Gasteiger partial charge in [-0.3, -0.25) is 0 Å². The quantitative estimate of drug-likeness (QED) is 0.825. The number of benzene rings is 1. The number of amides is 1. The van der Waals surface area contributed by atoms with E-state index in [0.29, 0.717) is 18.1 Å². The smallest absolute Gasteiger partial charge is 0.410 e. The average molecular weight is 276 g/mol. The van der Waals surface area contributed by atoms with Crippen LogP contribution in [0, 0.1) is 0 Å². The van der Waals surface area contributed by atoms with Gasteiger partial charge in [0, 0.05) is 12.7 Å². The van der Waals surface area contributed by atoms with Crippen LogP contribution in [0.2, 0.25) is 0 Å². The van der Waals surface area contributed by atoms with Crippen LogP contribution < -0.4 is 5.73 Å². The highest BCUT2D eigenvalue weighted by molar-refractivity contribution is 5.78. The summed E-state index contributed by atoms with van der Waals surface area (Å²) in [6.07, 6.45) is -0.377. The Hall–Kier alpha value is -2.24. The third-order valence-corrected chi connectivity index (χ3v) is 2.65. The van der Waals surface area contributed by atoms with Gasteiger partial charge in [0.1, 0.15) is 11.4 Å². The molecule has 0 saturated heterocycles. The lowest BCUT2D eigenvalue weighted by Crippen LogP contribution is -2.34. The van der Waals surface area contributed by atoms with Crippen LogP contribution in [0.5, 0.6) is 0 Å². The van der Waals surface area contributed by atoms with Gasteiger partial charge in [-0.2, -0.15) is 0 Å². The second kappa shape index (κ2) is 5.03. The van der Waals surface area contributed by atoms with Crippen molar-refractivity contribution < 1.29 is 9.53 Å². The number of rotatable bonds is 2. The number of aromatic nitrogens is 2. The highest BCUT2D eigenvalue weighted by Gasteiger charge is 2.20. The molecule has 0 bridgehead atoms. The van der Waals surface area contributed by atoms with Crippen molar-refractivity contribution >= 4 is 22.8 Å². The number of carbonyl (C=O) groups excluding carboxylic acids is 1. The molecule has 0 atom stereocenters. The molecular weight excluding hydrogens is 256 g/mol. The number of nitrogens with two attached hydrogens (primary N) is 1. The number of nitrogen functional groups attached to an aromatic ring is 1. The predicted molar refractivity (Wildman–Crippen MR) is 78.2 cm³/mol. The van der Waals surface area contributed by atoms with Crippen LogP contribution in [0.25, 0.3) is 11.0 Å². The van der Waals surface area contributed by atoms with Gasteiger partial charge in [-0.15, -0.1) is 0 Å². The third kappa shape index (κ3) is 3.40. The van der Waals surface area contributed by atoms with Gasteiger partial charge < -0.3 is 20.4 Å². The Morgan fingerprint density at radius 2 is 2.15 bits per heavy atom. The minimum absolute atomic E-state index is 0.351. The first-order valence-corrected chi connectivity index (χ1v) is 6.43. The SMILES string of the molecule is CN(Cc1nc2ccc(N)cc2[nH]1)C(=O)OC(C)(C)C. The fourth-order valence-electron chi connectivity index (χ4n) is 1.78. The van der Waals surface area contributed by atoms with Gasteiger partial charge in [0.15, 0.2) is 0 Å². The molecule has 0 unspecified atom stereocenters. The van der Waals surface area contributed by atoms with E-state index < -0.39 is 5.60 Å². The maximum atomic E-state index is 11.9. The van der Waals surface area contributed by atoms with Gasteiger partial charge in [0.05, 0.1) is 17.6 Å². The number of aromatic amines is 1. The largest absolute Gasteiger partial charge is 0.444 e. The van der Waals surface area contributed by atoms with Crippen molar-refractivity contribution in [1.82, 2.24) is 14.9 Å². The van der Waals surface area contributed by atoms with Crippen molar-refractivity contribution in [2.45, 2.75) is 32.9 Å². The minimum Gasteiger partial charge on any atom is -0.444 e. The average Bonchev–Trinajstić information content (AvgIpc) is 2.67. The zero-order valence-electron chi connectivity index (χ0n) is 12.2. The zero-order chi connectivity index (χ0) is 14.9. The van der Waals surface area contributed by atoms with Crippen LogP contribution in [-0.4, -0.2) is 33.6 Å². The summed E-state index contributed by atoms with van der Waals surface area (Å²) < 4.78 is 5.29. The monoisotopic (exact) mass is 276 g/mol. The summed E-state index contributed by atoms with van der Waals surface area (Å²) >= 11 is 0. The second-order valence-corrected chi connectivity index (χ2v) is 5.80. The summed E-state index contributed by atoms with van der Waals surface area (Å²) in [5.74, 6) is 0.693. The summed E-state index contributed by atoms with van der Waals surface area (Å²) in [4.78, 5) is 20.9. The Morgan fingerprint density at radius 1 is 1.45 bits per heavy atom. The Balaban J connectivity index is 2.09. The number of imidazole rings is 1. The number of hydrogen-bond acceptors (Lipinski definition) is 4. The molecule has 2 rings (SSSR count). The maximum absolute atomic E-state index is 11.9. The highest BCUT2D eigenvalue weighted by atomic mass is 16.6. The molecule has 6 nitrogen and oxygen atoms in total. The van der Waals surface area contributed by atoms with E-state index in [1.54, 1.807) is 13.1 Å². The third-order valence-electron chi connectivity index (χ3n) is 2.65. The number of hydrogen-bond donors (Lipinski definition) is 2. The van der Waals surface area contributed by atoms with Crippen LogP contribution in [0.3, 0.4) is 0 Å². The van der Waals surface area contributed by atoms with Gasteiger partial charge in [0.25, 0.3) is 0 Å². The number of H-pyrrole nitrogens is 1. The molecule has 1 aromatic heterocycles. The molecule has 0 spiro atoms. The lowest BCUT2D eigenvalue weighted by atomic mass is 10.2. The molecule has 0 aliphatic rings. The number of nitrogens with one attached hydrogen (secondary N) is 1. The van der Waals surface area contributed by atoms with Crippen LogP contribution in [0.15, 0.2) is 18.2 Å². The van der Waals surface area contributed by atoms with E-state index in [2.05, 4.69) is 9.97 Å². The first kappa shape index (κ1) is 14.2. The number of ether oxygens (including phenoxy) is 1. The first-order chi connectivity index (χ1) is 9.24. The van der Waals surface area contributed by atoms with E-state index in [1.165, 1.54) is 4.90 Å². The van der Waals surface area contributed by atoms with Crippen molar-refractivity contribution in [2.75, 3.05) is 12.8 Å². The topological polar surface area (TPSA) is 84.2 Å². The summed E-state index contributed by atoms with van der Waals surface area (Å²) in [5.41, 5.74) is 7.57. The molecule has 0 fully saturated rings. The number of fused-ring (bicyclic) bond motifs is 1. The van der Waals surface area contributed by atoms with Crippen LogP contribution in [-0.2, 0) is 11.3 Å². The fourth-order valence-corrected chi connectivity index (χ4v) is 1.78. The molecule has 1 aromatic carbocycles. The van der Waals surface area contributed by atoms with Crippen molar-refractivity contribution in [3.8, 4) is 0 Å².